The second kappa shape index (κ2) is 8.89. The molecule has 1 heterocycles. The molecule has 0 fully saturated rings. The van der Waals surface area contributed by atoms with E-state index in [1.165, 1.54) is 5.56 Å². The molecule has 0 aromatic heterocycles. The fourth-order valence-electron chi connectivity index (χ4n) is 4.58. The number of Topliss-reactive ketones (excluding diaryl/α,β-unsaturated/α-hetero) is 1. The van der Waals surface area contributed by atoms with Crippen molar-refractivity contribution in [2.24, 2.45) is 5.73 Å². The molecule has 2 aliphatic rings. The van der Waals surface area contributed by atoms with Crippen LogP contribution in [0.5, 0.6) is 5.75 Å². The number of benzene rings is 2. The number of nitrogens with zero attached hydrogens (tertiary/aromatic N) is 3. The zero-order chi connectivity index (χ0) is 22.8. The van der Waals surface area contributed by atoms with E-state index in [9.17, 15) is 10.1 Å². The summed E-state index contributed by atoms with van der Waals surface area (Å²) < 4.78 is 5.94. The lowest BCUT2D eigenvalue weighted by molar-refractivity contribution is -0.116. The maximum absolute atomic E-state index is 13.0. The average Bonchev–Trinajstić information content (AvgIpc) is 2.77. The largest absolute Gasteiger partial charge is 0.489 e. The number of hydrogen-bond acceptors (Lipinski definition) is 6. The first-order chi connectivity index (χ1) is 15.4. The Labute approximate surface area is 189 Å². The van der Waals surface area contributed by atoms with Crippen molar-refractivity contribution in [3.63, 3.8) is 0 Å². The molecule has 0 saturated heterocycles. The van der Waals surface area contributed by atoms with Gasteiger partial charge in [-0.15, -0.1) is 0 Å². The van der Waals surface area contributed by atoms with Crippen molar-refractivity contribution < 1.29 is 9.53 Å². The van der Waals surface area contributed by atoms with Gasteiger partial charge >= 0.3 is 0 Å². The van der Waals surface area contributed by atoms with Crippen LogP contribution in [0.15, 0.2) is 71.2 Å². The number of ether oxygens (including phenoxy) is 1. The Morgan fingerprint density at radius 3 is 2.59 bits per heavy atom. The van der Waals surface area contributed by atoms with Crippen LogP contribution < -0.4 is 10.5 Å². The zero-order valence-electron chi connectivity index (χ0n) is 18.8. The van der Waals surface area contributed by atoms with E-state index >= 15 is 0 Å². The smallest absolute Gasteiger partial charge is 0.161 e. The number of aryl methyl sites for hydroxylation is 1. The van der Waals surface area contributed by atoms with Crippen LogP contribution in [0.25, 0.3) is 0 Å². The molecule has 0 amide bonds. The molecule has 4 rings (SSSR count). The number of rotatable bonds is 5. The van der Waals surface area contributed by atoms with Crippen LogP contribution >= 0.6 is 0 Å². The topological polar surface area (TPSA) is 82.6 Å². The van der Waals surface area contributed by atoms with E-state index in [-0.39, 0.29) is 5.78 Å². The van der Waals surface area contributed by atoms with Crippen molar-refractivity contribution in [3.05, 3.63) is 87.9 Å². The highest BCUT2D eigenvalue weighted by Gasteiger charge is 2.40. The lowest BCUT2D eigenvalue weighted by atomic mass is 9.76. The van der Waals surface area contributed by atoms with E-state index in [2.05, 4.69) is 25.1 Å². The molecule has 1 aliphatic carbocycles. The molecule has 0 radical (unpaired) electrons. The van der Waals surface area contributed by atoms with Gasteiger partial charge in [-0.05, 0) is 43.0 Å². The van der Waals surface area contributed by atoms with Gasteiger partial charge in [-0.25, -0.2) is 5.01 Å². The Hall–Kier alpha value is -3.56. The Kier molecular flexibility index (Phi) is 6.02. The predicted molar refractivity (Wildman–Crippen MR) is 123 cm³/mol. The fourth-order valence-corrected chi connectivity index (χ4v) is 4.58. The maximum Gasteiger partial charge on any atom is 0.161 e. The summed E-state index contributed by atoms with van der Waals surface area (Å²) in [5.41, 5.74) is 11.6. The van der Waals surface area contributed by atoms with Gasteiger partial charge in [0, 0.05) is 31.8 Å². The van der Waals surface area contributed by atoms with Gasteiger partial charge in [0.25, 0.3) is 0 Å². The Balaban J connectivity index is 1.66. The monoisotopic (exact) mass is 428 g/mol. The summed E-state index contributed by atoms with van der Waals surface area (Å²) in [6.07, 6.45) is 2.04. The quantitative estimate of drug-likeness (QED) is 0.770. The van der Waals surface area contributed by atoms with Gasteiger partial charge < -0.3 is 10.5 Å². The minimum absolute atomic E-state index is 0.0862. The molecule has 0 saturated carbocycles. The standard InChI is InChI=1S/C26H28N4O2/c1-17-6-4-7-18(14-17)16-32-20-12-10-19(11-13-20)24-21(15-27)26(28)30(29(2)3)22-8-5-9-23(31)25(22)24/h4,6-7,10-14,24H,5,8-9,16,28H2,1-3H3. The molecule has 2 N–H and O–H groups in total. The molecule has 1 atom stereocenters. The minimum Gasteiger partial charge on any atom is -0.489 e. The highest BCUT2D eigenvalue weighted by molar-refractivity contribution is 5.99. The molecule has 2 aromatic rings. The van der Waals surface area contributed by atoms with E-state index in [0.29, 0.717) is 30.0 Å². The molecule has 6 nitrogen and oxygen atoms in total. The van der Waals surface area contributed by atoms with Crippen molar-refractivity contribution in [1.82, 2.24) is 10.0 Å². The van der Waals surface area contributed by atoms with E-state index in [1.54, 1.807) is 5.01 Å². The Morgan fingerprint density at radius 2 is 1.94 bits per heavy atom. The number of ketones is 1. The summed E-state index contributed by atoms with van der Waals surface area (Å²) in [5, 5.41) is 13.6. The van der Waals surface area contributed by atoms with E-state index in [1.807, 2.05) is 55.5 Å². The molecule has 1 unspecified atom stereocenters. The van der Waals surface area contributed by atoms with Crippen LogP contribution in [0.3, 0.4) is 0 Å². The fraction of sp³-hybridized carbons (Fsp3) is 0.308. The maximum atomic E-state index is 13.0. The van der Waals surface area contributed by atoms with Crippen molar-refractivity contribution in [1.29, 1.82) is 5.26 Å². The Bertz CT molecular complexity index is 1140. The summed E-state index contributed by atoms with van der Waals surface area (Å²) in [6.45, 7) is 2.54. The molecule has 2 aromatic carbocycles. The van der Waals surface area contributed by atoms with E-state index < -0.39 is 5.92 Å². The predicted octanol–water partition coefficient (Wildman–Crippen LogP) is 4.15. The molecule has 164 valence electrons. The third kappa shape index (κ3) is 4.00. The first-order valence-corrected chi connectivity index (χ1v) is 10.8. The first kappa shape index (κ1) is 21.7. The molecule has 0 spiro atoms. The summed E-state index contributed by atoms with van der Waals surface area (Å²) in [6, 6.07) is 18.1. The third-order valence-corrected chi connectivity index (χ3v) is 5.99. The number of allylic oxidation sites excluding steroid dienone is 3. The van der Waals surface area contributed by atoms with Gasteiger partial charge in [-0.3, -0.25) is 9.80 Å². The van der Waals surface area contributed by atoms with Gasteiger partial charge in [0.1, 0.15) is 18.2 Å². The zero-order valence-corrected chi connectivity index (χ0v) is 18.8. The summed E-state index contributed by atoms with van der Waals surface area (Å²) in [5.74, 6) is 0.754. The number of carbonyl (C=O) groups excluding carboxylic acids is 1. The first-order valence-electron chi connectivity index (χ1n) is 10.8. The summed E-state index contributed by atoms with van der Waals surface area (Å²) >= 11 is 0. The lowest BCUT2D eigenvalue weighted by Gasteiger charge is -2.42. The van der Waals surface area contributed by atoms with Crippen LogP contribution in [-0.4, -0.2) is 29.9 Å². The van der Waals surface area contributed by atoms with Crippen LogP contribution in [0.4, 0.5) is 0 Å². The Morgan fingerprint density at radius 1 is 1.19 bits per heavy atom. The molecule has 6 heteroatoms. The highest BCUT2D eigenvalue weighted by atomic mass is 16.5. The van der Waals surface area contributed by atoms with Crippen LogP contribution in [0.1, 0.15) is 41.9 Å². The number of hydrogen-bond donors (Lipinski definition) is 1. The number of hydrazine groups is 1. The second-order valence-corrected chi connectivity index (χ2v) is 8.49. The van der Waals surface area contributed by atoms with E-state index in [0.717, 1.165) is 35.4 Å². The van der Waals surface area contributed by atoms with Gasteiger partial charge in [0.15, 0.2) is 5.78 Å². The molecule has 1 aliphatic heterocycles. The normalized spacial score (nSPS) is 18.7. The number of carbonyl (C=O) groups is 1. The van der Waals surface area contributed by atoms with Crippen molar-refractivity contribution in [3.8, 4) is 11.8 Å². The molecule has 0 bridgehead atoms. The molecular weight excluding hydrogens is 400 g/mol. The van der Waals surface area contributed by atoms with Crippen molar-refractivity contribution >= 4 is 5.78 Å². The lowest BCUT2D eigenvalue weighted by Crippen LogP contribution is -2.45. The summed E-state index contributed by atoms with van der Waals surface area (Å²) in [7, 11) is 3.73. The van der Waals surface area contributed by atoms with Crippen LogP contribution in [0, 0.1) is 18.3 Å². The third-order valence-electron chi connectivity index (χ3n) is 5.99. The van der Waals surface area contributed by atoms with Crippen molar-refractivity contribution in [2.45, 2.75) is 38.7 Å². The van der Waals surface area contributed by atoms with Gasteiger partial charge in [-0.2, -0.15) is 5.26 Å². The van der Waals surface area contributed by atoms with Crippen LogP contribution in [-0.2, 0) is 11.4 Å². The van der Waals surface area contributed by atoms with E-state index in [4.69, 9.17) is 10.5 Å². The van der Waals surface area contributed by atoms with Gasteiger partial charge in [-0.1, -0.05) is 42.0 Å². The second-order valence-electron chi connectivity index (χ2n) is 8.49. The molecular formula is C26H28N4O2. The average molecular weight is 429 g/mol. The molecule has 32 heavy (non-hydrogen) atoms. The SMILES string of the molecule is Cc1cccc(COc2ccc(C3C(C#N)=C(N)N(N(C)C)C4=C3C(=O)CCC4)cc2)c1. The summed E-state index contributed by atoms with van der Waals surface area (Å²) in [4.78, 5) is 13.0. The van der Waals surface area contributed by atoms with Gasteiger partial charge in [0.05, 0.1) is 17.6 Å². The number of nitrogens with two attached hydrogens (primary N) is 1. The highest BCUT2D eigenvalue weighted by Crippen LogP contribution is 2.45. The number of nitriles is 1. The van der Waals surface area contributed by atoms with Gasteiger partial charge in [0.2, 0.25) is 0 Å². The van der Waals surface area contributed by atoms with Crippen LogP contribution in [0.2, 0.25) is 0 Å². The minimum atomic E-state index is -0.454. The van der Waals surface area contributed by atoms with Crippen molar-refractivity contribution in [2.75, 3.05) is 14.1 Å².